The Balaban J connectivity index is 1.89. The van der Waals surface area contributed by atoms with Gasteiger partial charge < -0.3 is 4.57 Å². The molecule has 6 nitrogen and oxygen atoms in total. The van der Waals surface area contributed by atoms with E-state index in [4.69, 9.17) is 0 Å². The van der Waals surface area contributed by atoms with Gasteiger partial charge in [-0.25, -0.2) is 9.97 Å². The molecule has 5 rings (SSSR count). The maximum atomic E-state index is 12.1. The summed E-state index contributed by atoms with van der Waals surface area (Å²) in [5.41, 5.74) is 0.816. The van der Waals surface area contributed by atoms with Gasteiger partial charge in [-0.05, 0) is 25.0 Å². The van der Waals surface area contributed by atoms with Crippen LogP contribution in [0.25, 0.3) is 11.2 Å². The number of carbonyl (C=O) groups excluding carboxylic acids is 2. The summed E-state index contributed by atoms with van der Waals surface area (Å²) < 4.78 is 1.85. The van der Waals surface area contributed by atoms with E-state index in [9.17, 15) is 9.59 Å². The highest BCUT2D eigenvalue weighted by Crippen LogP contribution is 2.48. The first kappa shape index (κ1) is 9.76. The Kier molecular flexibility index (Phi) is 1.60. The van der Waals surface area contributed by atoms with E-state index in [0.29, 0.717) is 18.5 Å². The quantitative estimate of drug-likeness (QED) is 0.724. The van der Waals surface area contributed by atoms with E-state index in [2.05, 4.69) is 15.3 Å². The highest BCUT2D eigenvalue weighted by Gasteiger charge is 2.59. The number of aromatic nitrogens is 3. The van der Waals surface area contributed by atoms with Crippen LogP contribution in [-0.4, -0.2) is 26.3 Å². The van der Waals surface area contributed by atoms with E-state index in [1.54, 1.807) is 12.5 Å². The lowest BCUT2D eigenvalue weighted by Crippen LogP contribution is -2.66. The second-order valence-electron chi connectivity index (χ2n) is 4.92. The zero-order chi connectivity index (χ0) is 12.3. The maximum Gasteiger partial charge on any atom is 0.252 e. The molecule has 4 heterocycles. The second-order valence-corrected chi connectivity index (χ2v) is 4.92. The molecule has 2 saturated heterocycles. The number of imide groups is 1. The number of imidazole rings is 1. The Morgan fingerprint density at radius 3 is 2.94 bits per heavy atom. The van der Waals surface area contributed by atoms with Crippen molar-refractivity contribution >= 4 is 23.0 Å². The number of amides is 2. The third-order valence-electron chi connectivity index (χ3n) is 3.98. The molecular formula is C12H10N4O2. The molecule has 3 fully saturated rings. The van der Waals surface area contributed by atoms with Gasteiger partial charge in [0.25, 0.3) is 5.91 Å². The van der Waals surface area contributed by atoms with Crippen molar-refractivity contribution in [3.8, 4) is 0 Å². The second kappa shape index (κ2) is 2.95. The third kappa shape index (κ3) is 0.982. The molecule has 3 aliphatic rings. The van der Waals surface area contributed by atoms with E-state index >= 15 is 0 Å². The van der Waals surface area contributed by atoms with Crippen molar-refractivity contribution < 1.29 is 9.59 Å². The maximum absolute atomic E-state index is 12.1. The van der Waals surface area contributed by atoms with Crippen LogP contribution in [0.2, 0.25) is 0 Å². The van der Waals surface area contributed by atoms with Crippen LogP contribution in [0.4, 0.5) is 0 Å². The molecule has 0 atom stereocenters. The predicted molar refractivity (Wildman–Crippen MR) is 61.4 cm³/mol. The van der Waals surface area contributed by atoms with Crippen LogP contribution in [0.3, 0.4) is 0 Å². The first-order valence-corrected chi connectivity index (χ1v) is 5.84. The van der Waals surface area contributed by atoms with Crippen LogP contribution >= 0.6 is 0 Å². The Labute approximate surface area is 102 Å². The third-order valence-corrected chi connectivity index (χ3v) is 3.98. The molecule has 18 heavy (non-hydrogen) atoms. The van der Waals surface area contributed by atoms with Gasteiger partial charge in [-0.3, -0.25) is 14.9 Å². The number of carbonyl (C=O) groups is 2. The summed E-state index contributed by atoms with van der Waals surface area (Å²) in [6, 6.07) is 3.71. The van der Waals surface area contributed by atoms with Crippen molar-refractivity contribution in [2.24, 2.45) is 5.92 Å². The standard InChI is InChI=1S/C12H10N4O2/c17-10-7-4-12(5-7,11(18)15-10)16-6-14-9-8(16)2-1-3-13-9/h1-3,6-7H,4-5H2,(H,15,17,18). The number of rotatable bonds is 1. The molecule has 1 N–H and O–H groups in total. The van der Waals surface area contributed by atoms with Gasteiger partial charge in [0.05, 0.1) is 11.8 Å². The summed E-state index contributed by atoms with van der Waals surface area (Å²) >= 11 is 0. The number of nitrogens with zero attached hydrogens (tertiary/aromatic N) is 3. The minimum atomic E-state index is -0.643. The number of nitrogens with one attached hydrogen (secondary N) is 1. The Bertz CT molecular complexity index is 684. The summed E-state index contributed by atoms with van der Waals surface area (Å²) in [5.74, 6) is -0.417. The van der Waals surface area contributed by atoms with Crippen LogP contribution in [0.1, 0.15) is 12.8 Å². The molecule has 2 aromatic heterocycles. The monoisotopic (exact) mass is 242 g/mol. The van der Waals surface area contributed by atoms with Crippen LogP contribution in [-0.2, 0) is 15.1 Å². The van der Waals surface area contributed by atoms with Gasteiger partial charge >= 0.3 is 0 Å². The number of piperidine rings is 2. The molecule has 0 spiro atoms. The number of hydrogen-bond acceptors (Lipinski definition) is 4. The molecule has 0 radical (unpaired) electrons. The highest BCUT2D eigenvalue weighted by molar-refractivity contribution is 6.06. The van der Waals surface area contributed by atoms with Crippen LogP contribution in [0, 0.1) is 5.92 Å². The molecule has 2 bridgehead atoms. The van der Waals surface area contributed by atoms with Crippen molar-refractivity contribution in [2.75, 3.05) is 0 Å². The molecule has 0 unspecified atom stereocenters. The largest absolute Gasteiger partial charge is 0.314 e. The topological polar surface area (TPSA) is 76.9 Å². The van der Waals surface area contributed by atoms with Gasteiger partial charge in [0.2, 0.25) is 5.91 Å². The lowest BCUT2D eigenvalue weighted by molar-refractivity contribution is -0.156. The van der Waals surface area contributed by atoms with E-state index < -0.39 is 5.54 Å². The first-order chi connectivity index (χ1) is 8.71. The normalized spacial score (nSPS) is 30.1. The van der Waals surface area contributed by atoms with Gasteiger partial charge in [-0.2, -0.15) is 0 Å². The van der Waals surface area contributed by atoms with Crippen molar-refractivity contribution in [1.29, 1.82) is 0 Å². The first-order valence-electron chi connectivity index (χ1n) is 5.84. The molecule has 1 saturated carbocycles. The molecular weight excluding hydrogens is 232 g/mol. The van der Waals surface area contributed by atoms with E-state index in [-0.39, 0.29) is 17.7 Å². The molecule has 0 aromatic carbocycles. The lowest BCUT2D eigenvalue weighted by atomic mass is 9.64. The summed E-state index contributed by atoms with van der Waals surface area (Å²) in [6.07, 6.45) is 4.45. The van der Waals surface area contributed by atoms with Crippen molar-refractivity contribution in [3.63, 3.8) is 0 Å². The minimum absolute atomic E-state index is 0.0446. The van der Waals surface area contributed by atoms with Gasteiger partial charge in [-0.15, -0.1) is 0 Å². The summed E-state index contributed by atoms with van der Waals surface area (Å²) in [4.78, 5) is 31.9. The Morgan fingerprint density at radius 1 is 1.33 bits per heavy atom. The fraction of sp³-hybridized carbons (Fsp3) is 0.333. The average molecular weight is 242 g/mol. The van der Waals surface area contributed by atoms with Crippen LogP contribution in [0.15, 0.2) is 24.7 Å². The Hall–Kier alpha value is -2.24. The average Bonchev–Trinajstić information content (AvgIpc) is 2.71. The van der Waals surface area contributed by atoms with Crippen molar-refractivity contribution in [1.82, 2.24) is 19.9 Å². The van der Waals surface area contributed by atoms with Crippen molar-refractivity contribution in [2.45, 2.75) is 18.4 Å². The van der Waals surface area contributed by atoms with Gasteiger partial charge in [0.1, 0.15) is 5.54 Å². The molecule has 1 aliphatic carbocycles. The van der Waals surface area contributed by atoms with E-state index in [1.807, 2.05) is 16.7 Å². The number of fused-ring (bicyclic) bond motifs is 3. The number of pyridine rings is 1. The highest BCUT2D eigenvalue weighted by atomic mass is 16.2. The van der Waals surface area contributed by atoms with Gasteiger partial charge in [0, 0.05) is 12.1 Å². The predicted octanol–water partition coefficient (Wildman–Crippen LogP) is 0.193. The molecule has 6 heteroatoms. The van der Waals surface area contributed by atoms with E-state index in [1.165, 1.54) is 0 Å². The van der Waals surface area contributed by atoms with Gasteiger partial charge in [0.15, 0.2) is 5.65 Å². The summed E-state index contributed by atoms with van der Waals surface area (Å²) in [6.45, 7) is 0. The van der Waals surface area contributed by atoms with E-state index in [0.717, 1.165) is 5.52 Å². The zero-order valence-corrected chi connectivity index (χ0v) is 9.46. The lowest BCUT2D eigenvalue weighted by Gasteiger charge is -2.50. The van der Waals surface area contributed by atoms with Crippen LogP contribution < -0.4 is 5.32 Å². The smallest absolute Gasteiger partial charge is 0.252 e. The van der Waals surface area contributed by atoms with Gasteiger partial charge in [-0.1, -0.05) is 0 Å². The number of hydrogen-bond donors (Lipinski definition) is 1. The minimum Gasteiger partial charge on any atom is -0.314 e. The molecule has 2 aliphatic heterocycles. The summed E-state index contributed by atoms with van der Waals surface area (Å²) in [7, 11) is 0. The SMILES string of the molecule is O=C1NC(=O)C2(n3cnc4ncccc43)CC1C2. The fourth-order valence-corrected chi connectivity index (χ4v) is 2.95. The molecule has 2 aromatic rings. The van der Waals surface area contributed by atoms with Crippen molar-refractivity contribution in [3.05, 3.63) is 24.7 Å². The zero-order valence-electron chi connectivity index (χ0n) is 9.46. The molecule has 90 valence electrons. The van der Waals surface area contributed by atoms with Crippen LogP contribution in [0.5, 0.6) is 0 Å². The molecule has 2 amide bonds. The Morgan fingerprint density at radius 2 is 2.17 bits per heavy atom. The summed E-state index contributed by atoms with van der Waals surface area (Å²) in [5, 5.41) is 2.43. The fourth-order valence-electron chi connectivity index (χ4n) is 2.95.